The summed E-state index contributed by atoms with van der Waals surface area (Å²) in [6.45, 7) is 3.36. The molecule has 6 heteroatoms. The molecule has 0 radical (unpaired) electrons. The summed E-state index contributed by atoms with van der Waals surface area (Å²) in [5.41, 5.74) is 3.00. The number of aromatic nitrogens is 2. The molecule has 2 unspecified atom stereocenters. The molecule has 0 amide bonds. The lowest BCUT2D eigenvalue weighted by Crippen LogP contribution is -2.31. The van der Waals surface area contributed by atoms with Gasteiger partial charge in [-0.1, -0.05) is 12.1 Å². The lowest BCUT2D eigenvalue weighted by molar-refractivity contribution is 0.0774. The fourth-order valence-electron chi connectivity index (χ4n) is 3.35. The van der Waals surface area contributed by atoms with Gasteiger partial charge in [-0.2, -0.15) is 5.10 Å². The summed E-state index contributed by atoms with van der Waals surface area (Å²) in [4.78, 5) is 0. The maximum atomic E-state index is 13.3. The van der Waals surface area contributed by atoms with E-state index in [1.165, 1.54) is 12.1 Å². The molecule has 2 heterocycles. The normalized spacial score (nSPS) is 18.8. The monoisotopic (exact) mass is 333 g/mol. The highest BCUT2D eigenvalue weighted by atomic mass is 19.1. The first-order valence-electron chi connectivity index (χ1n) is 8.27. The number of nitrogens with one attached hydrogen (secondary N) is 1. The number of hydrogen-bond acceptors (Lipinski definition) is 4. The van der Waals surface area contributed by atoms with Crippen molar-refractivity contribution < 1.29 is 13.9 Å². The quantitative estimate of drug-likeness (QED) is 0.883. The number of rotatable bonds is 6. The molecule has 1 aliphatic rings. The summed E-state index contributed by atoms with van der Waals surface area (Å²) >= 11 is 0. The van der Waals surface area contributed by atoms with Gasteiger partial charge in [-0.25, -0.2) is 9.07 Å². The molecule has 1 fully saturated rings. The van der Waals surface area contributed by atoms with Crippen molar-refractivity contribution in [2.24, 2.45) is 7.05 Å². The van der Waals surface area contributed by atoms with Crippen molar-refractivity contribution >= 4 is 0 Å². The van der Waals surface area contributed by atoms with Crippen LogP contribution in [0.25, 0.3) is 0 Å². The Morgan fingerprint density at radius 3 is 2.79 bits per heavy atom. The molecule has 0 bridgehead atoms. The van der Waals surface area contributed by atoms with Crippen molar-refractivity contribution in [3.63, 3.8) is 0 Å². The Bertz CT molecular complexity index is 678. The number of benzene rings is 1. The summed E-state index contributed by atoms with van der Waals surface area (Å²) in [6, 6.07) is 6.64. The first-order chi connectivity index (χ1) is 11.6. The molecule has 24 heavy (non-hydrogen) atoms. The van der Waals surface area contributed by atoms with E-state index < -0.39 is 0 Å². The molecular weight excluding hydrogens is 309 g/mol. The minimum Gasteiger partial charge on any atom is -0.481 e. The van der Waals surface area contributed by atoms with Gasteiger partial charge in [0.1, 0.15) is 5.82 Å². The topological polar surface area (TPSA) is 48.3 Å². The van der Waals surface area contributed by atoms with Gasteiger partial charge in [0.25, 0.3) is 0 Å². The van der Waals surface area contributed by atoms with E-state index in [-0.39, 0.29) is 18.0 Å². The average Bonchev–Trinajstić information content (AvgIpc) is 3.18. The van der Waals surface area contributed by atoms with Crippen molar-refractivity contribution in [2.75, 3.05) is 13.7 Å². The van der Waals surface area contributed by atoms with E-state index in [9.17, 15) is 4.39 Å². The molecule has 2 atom stereocenters. The Morgan fingerprint density at radius 2 is 2.17 bits per heavy atom. The van der Waals surface area contributed by atoms with Gasteiger partial charge < -0.3 is 14.8 Å². The predicted molar refractivity (Wildman–Crippen MR) is 89.5 cm³/mol. The number of methoxy groups -OCH3 is 1. The van der Waals surface area contributed by atoms with E-state index in [4.69, 9.17) is 9.47 Å². The highest BCUT2D eigenvalue weighted by Gasteiger charge is 2.28. The maximum Gasteiger partial charge on any atom is 0.216 e. The lowest BCUT2D eigenvalue weighted by atomic mass is 9.99. The molecule has 130 valence electrons. The van der Waals surface area contributed by atoms with Gasteiger partial charge in [0.2, 0.25) is 5.88 Å². The van der Waals surface area contributed by atoms with Crippen LogP contribution in [0.2, 0.25) is 0 Å². The van der Waals surface area contributed by atoms with E-state index in [1.807, 2.05) is 26.1 Å². The average molecular weight is 333 g/mol. The Morgan fingerprint density at radius 1 is 1.42 bits per heavy atom. The van der Waals surface area contributed by atoms with E-state index in [0.29, 0.717) is 6.54 Å². The smallest absolute Gasteiger partial charge is 0.216 e. The Hall–Kier alpha value is -1.92. The lowest BCUT2D eigenvalue weighted by Gasteiger charge is -2.25. The fraction of sp³-hybridized carbons (Fsp3) is 0.500. The zero-order valence-corrected chi connectivity index (χ0v) is 14.4. The van der Waals surface area contributed by atoms with E-state index >= 15 is 0 Å². The van der Waals surface area contributed by atoms with E-state index in [1.54, 1.807) is 11.8 Å². The summed E-state index contributed by atoms with van der Waals surface area (Å²) in [5.74, 6) is 0.528. The predicted octanol–water partition coefficient (Wildman–Crippen LogP) is 2.89. The minimum atomic E-state index is -0.227. The number of nitrogens with zero attached hydrogens (tertiary/aromatic N) is 2. The van der Waals surface area contributed by atoms with Crippen molar-refractivity contribution in [3.05, 3.63) is 46.9 Å². The Kier molecular flexibility index (Phi) is 5.16. The molecule has 1 aromatic carbocycles. The molecule has 3 rings (SSSR count). The zero-order chi connectivity index (χ0) is 17.1. The standard InChI is InChI=1S/C18H24FN3O2/c1-12-15(18(23-3)22(2)21-12)11-20-17(16-5-4-10-24-16)13-6-8-14(19)9-7-13/h6-9,16-17,20H,4-5,10-11H2,1-3H3. The third-order valence-corrected chi connectivity index (χ3v) is 4.55. The van der Waals surface area contributed by atoms with Gasteiger partial charge in [0, 0.05) is 20.2 Å². The number of hydrogen-bond donors (Lipinski definition) is 1. The molecule has 5 nitrogen and oxygen atoms in total. The van der Waals surface area contributed by atoms with Gasteiger partial charge >= 0.3 is 0 Å². The van der Waals surface area contributed by atoms with Crippen molar-refractivity contribution in [3.8, 4) is 5.88 Å². The molecular formula is C18H24FN3O2. The van der Waals surface area contributed by atoms with Gasteiger partial charge in [0.15, 0.2) is 0 Å². The highest BCUT2D eigenvalue weighted by Crippen LogP contribution is 2.29. The van der Waals surface area contributed by atoms with Crippen LogP contribution in [0.5, 0.6) is 5.88 Å². The van der Waals surface area contributed by atoms with Crippen LogP contribution in [-0.2, 0) is 18.3 Å². The fourth-order valence-corrected chi connectivity index (χ4v) is 3.35. The van der Waals surface area contributed by atoms with Crippen LogP contribution in [0.3, 0.4) is 0 Å². The van der Waals surface area contributed by atoms with E-state index in [2.05, 4.69) is 10.4 Å². The number of halogens is 1. The summed E-state index contributed by atoms with van der Waals surface area (Å²) < 4.78 is 26.3. The summed E-state index contributed by atoms with van der Waals surface area (Å²) in [5, 5.41) is 7.97. The SMILES string of the molecule is COc1c(CNC(c2ccc(F)cc2)C2CCCO2)c(C)nn1C. The molecule has 0 aliphatic carbocycles. The van der Waals surface area contributed by atoms with Crippen LogP contribution in [0.15, 0.2) is 24.3 Å². The molecule has 2 aromatic rings. The molecule has 1 N–H and O–H groups in total. The van der Waals surface area contributed by atoms with Crippen LogP contribution in [-0.4, -0.2) is 29.6 Å². The first-order valence-corrected chi connectivity index (χ1v) is 8.27. The van der Waals surface area contributed by atoms with Gasteiger partial charge in [-0.3, -0.25) is 0 Å². The molecule has 1 aliphatic heterocycles. The maximum absolute atomic E-state index is 13.3. The zero-order valence-electron chi connectivity index (χ0n) is 14.4. The van der Waals surface area contributed by atoms with Crippen molar-refractivity contribution in [2.45, 2.75) is 38.5 Å². The molecule has 0 spiro atoms. The highest BCUT2D eigenvalue weighted by molar-refractivity contribution is 5.31. The molecule has 1 aromatic heterocycles. The first kappa shape index (κ1) is 16.9. The minimum absolute atomic E-state index is 0.0115. The second-order valence-corrected chi connectivity index (χ2v) is 6.16. The second-order valence-electron chi connectivity index (χ2n) is 6.16. The van der Waals surface area contributed by atoms with Crippen LogP contribution in [0, 0.1) is 12.7 Å². The van der Waals surface area contributed by atoms with Crippen molar-refractivity contribution in [1.82, 2.24) is 15.1 Å². The summed E-state index contributed by atoms with van der Waals surface area (Å²) in [7, 11) is 3.52. The number of ether oxygens (including phenoxy) is 2. The second kappa shape index (κ2) is 7.32. The largest absolute Gasteiger partial charge is 0.481 e. The molecule has 0 saturated carbocycles. The Balaban J connectivity index is 1.81. The van der Waals surface area contributed by atoms with Gasteiger partial charge in [-0.05, 0) is 37.5 Å². The third kappa shape index (κ3) is 3.44. The van der Waals surface area contributed by atoms with Crippen molar-refractivity contribution in [1.29, 1.82) is 0 Å². The van der Waals surface area contributed by atoms with Gasteiger partial charge in [0.05, 0.1) is 30.5 Å². The number of aryl methyl sites for hydroxylation is 2. The Labute approximate surface area is 141 Å². The molecule has 1 saturated heterocycles. The van der Waals surface area contributed by atoms with Crippen LogP contribution < -0.4 is 10.1 Å². The van der Waals surface area contributed by atoms with Crippen LogP contribution in [0.1, 0.15) is 35.7 Å². The third-order valence-electron chi connectivity index (χ3n) is 4.55. The van der Waals surface area contributed by atoms with Crippen LogP contribution >= 0.6 is 0 Å². The van der Waals surface area contributed by atoms with E-state index in [0.717, 1.165) is 42.1 Å². The van der Waals surface area contributed by atoms with Crippen LogP contribution in [0.4, 0.5) is 4.39 Å². The van der Waals surface area contributed by atoms with Gasteiger partial charge in [-0.15, -0.1) is 0 Å². The summed E-state index contributed by atoms with van der Waals surface area (Å²) in [6.07, 6.45) is 2.15.